The van der Waals surface area contributed by atoms with Crippen LogP contribution in [0.25, 0.3) is 44.8 Å². The van der Waals surface area contributed by atoms with E-state index in [1.807, 2.05) is 36.0 Å². The van der Waals surface area contributed by atoms with Crippen molar-refractivity contribution in [1.29, 1.82) is 0 Å². The third-order valence-electron chi connectivity index (χ3n) is 16.4. The Morgan fingerprint density at radius 1 is 0.716 bits per heavy atom. The summed E-state index contributed by atoms with van der Waals surface area (Å²) >= 11 is 0. The van der Waals surface area contributed by atoms with Gasteiger partial charge in [-0.2, -0.15) is 0 Å². The SMILES string of the molecule is CCC(C)C(NC(=O)OC)C(=O)N1C(c2ncc(-c3ccc(-c4ccc(-c5ccc(-c6cnc(C7CC8CC8N7C(=O)CNC(=O)OC)[nH]6)cc5)c5c4CCC54CCCC4)cc3)[nH]2)CC2CC21. The first-order valence-corrected chi connectivity index (χ1v) is 24.4. The minimum atomic E-state index is -0.658. The van der Waals surface area contributed by atoms with Gasteiger partial charge in [0, 0.05) is 12.1 Å². The van der Waals surface area contributed by atoms with Gasteiger partial charge in [-0.05, 0) is 119 Å². The van der Waals surface area contributed by atoms with E-state index in [1.54, 1.807) is 0 Å². The van der Waals surface area contributed by atoms with Gasteiger partial charge < -0.3 is 39.9 Å². The molecule has 2 saturated heterocycles. The summed E-state index contributed by atoms with van der Waals surface area (Å²) in [6.07, 6.45) is 14.2. The summed E-state index contributed by atoms with van der Waals surface area (Å²) in [5.41, 5.74) is 12.1. The molecule has 2 aliphatic heterocycles. The van der Waals surface area contributed by atoms with E-state index in [4.69, 9.17) is 14.7 Å². The van der Waals surface area contributed by atoms with Crippen molar-refractivity contribution >= 4 is 24.0 Å². The first kappa shape index (κ1) is 43.1. The average Bonchev–Trinajstić information content (AvgIpc) is 3.82. The number of amides is 4. The number of carbonyl (C=O) groups is 4. The van der Waals surface area contributed by atoms with E-state index in [-0.39, 0.29) is 53.9 Å². The van der Waals surface area contributed by atoms with Crippen molar-refractivity contribution in [3.63, 3.8) is 0 Å². The molecule has 5 fully saturated rings. The Morgan fingerprint density at radius 3 is 1.84 bits per heavy atom. The second kappa shape index (κ2) is 17.0. The molecule has 4 aliphatic carbocycles. The summed E-state index contributed by atoms with van der Waals surface area (Å²) in [7, 11) is 2.62. The fourth-order valence-corrected chi connectivity index (χ4v) is 12.4. The molecule has 8 unspecified atom stereocenters. The Bertz CT molecular complexity index is 2720. The highest BCUT2D eigenvalue weighted by molar-refractivity contribution is 5.87. The molecule has 67 heavy (non-hydrogen) atoms. The molecule has 4 amide bonds. The van der Waals surface area contributed by atoms with Gasteiger partial charge >= 0.3 is 12.2 Å². The second-order valence-corrected chi connectivity index (χ2v) is 20.0. The van der Waals surface area contributed by atoms with Gasteiger partial charge in [-0.3, -0.25) is 9.59 Å². The lowest BCUT2D eigenvalue weighted by atomic mass is 9.76. The van der Waals surface area contributed by atoms with Gasteiger partial charge in [0.05, 0.1) is 50.1 Å². The molecule has 14 nitrogen and oxygen atoms in total. The molecule has 4 heterocycles. The Kier molecular flexibility index (Phi) is 11.0. The molecular weight excluding hydrogens is 845 g/mol. The minimum Gasteiger partial charge on any atom is -0.453 e. The standard InChI is InChI=1S/C53H60N8O6/c1-5-29(2)47(59-52(65)67-4)50(63)61-42-23-35(42)25-44(61)49-55-27-40(58-49)32-12-8-30(9-13-32)36-16-17-37(46-38(36)18-21-53(46)19-6-7-20-53)31-10-14-33(15-11-31)39-26-54-48(57-39)43-24-34-22-41(34)60(43)45(62)28-56-51(64)66-3/h8-17,26-27,29,34-35,41-44,47H,5-7,18-25,28H2,1-4H3,(H,54,57)(H,55,58)(H,56,64)(H,59,65). The highest BCUT2D eigenvalue weighted by Gasteiger charge is 2.57. The number of methoxy groups -OCH3 is 2. The van der Waals surface area contributed by atoms with Gasteiger partial charge in [0.15, 0.2) is 0 Å². The molecule has 8 atom stereocenters. The number of fused-ring (bicyclic) bond motifs is 4. The first-order valence-electron chi connectivity index (χ1n) is 24.4. The summed E-state index contributed by atoms with van der Waals surface area (Å²) in [5, 5.41) is 5.36. The quantitative estimate of drug-likeness (QED) is 0.0960. The third-order valence-corrected chi connectivity index (χ3v) is 16.4. The third kappa shape index (κ3) is 7.65. The van der Waals surface area contributed by atoms with Crippen molar-refractivity contribution in [2.45, 2.75) is 120 Å². The Morgan fingerprint density at radius 2 is 1.25 bits per heavy atom. The Labute approximate surface area is 391 Å². The van der Waals surface area contributed by atoms with Crippen LogP contribution >= 0.6 is 0 Å². The molecule has 1 spiro atoms. The lowest BCUT2D eigenvalue weighted by Gasteiger charge is -2.32. The van der Waals surface area contributed by atoms with E-state index < -0.39 is 18.2 Å². The number of nitrogens with one attached hydrogen (secondary N) is 4. The number of alkyl carbamates (subject to hydrolysis) is 2. The Hall–Kier alpha value is -6.44. The lowest BCUT2D eigenvalue weighted by Crippen LogP contribution is -2.52. The lowest BCUT2D eigenvalue weighted by molar-refractivity contribution is -0.137. The number of nitrogens with zero attached hydrogens (tertiary/aromatic N) is 4. The number of hydrogen-bond acceptors (Lipinski definition) is 8. The molecule has 11 rings (SSSR count). The van der Waals surface area contributed by atoms with Crippen molar-refractivity contribution in [2.24, 2.45) is 17.8 Å². The van der Waals surface area contributed by atoms with E-state index >= 15 is 0 Å². The molecule has 6 aliphatic rings. The molecule has 2 aromatic heterocycles. The van der Waals surface area contributed by atoms with Gasteiger partial charge in [-0.25, -0.2) is 19.6 Å². The van der Waals surface area contributed by atoms with Gasteiger partial charge in [-0.1, -0.05) is 93.8 Å². The molecule has 0 radical (unpaired) electrons. The van der Waals surface area contributed by atoms with Gasteiger partial charge in [0.25, 0.3) is 0 Å². The predicted molar refractivity (Wildman–Crippen MR) is 252 cm³/mol. The van der Waals surface area contributed by atoms with Gasteiger partial charge in [-0.15, -0.1) is 0 Å². The summed E-state index contributed by atoms with van der Waals surface area (Å²) in [5.74, 6) is 2.26. The van der Waals surface area contributed by atoms with Crippen LogP contribution in [0, 0.1) is 17.8 Å². The fraction of sp³-hybridized carbons (Fsp3) is 0.472. The van der Waals surface area contributed by atoms with Crippen molar-refractivity contribution in [1.82, 2.24) is 40.4 Å². The largest absolute Gasteiger partial charge is 0.453 e. The molecule has 5 aromatic rings. The second-order valence-electron chi connectivity index (χ2n) is 20.0. The van der Waals surface area contributed by atoms with Crippen LogP contribution in [0.5, 0.6) is 0 Å². The van der Waals surface area contributed by atoms with E-state index in [1.165, 1.54) is 79.7 Å². The summed E-state index contributed by atoms with van der Waals surface area (Å²) in [4.78, 5) is 71.8. The monoisotopic (exact) mass is 904 g/mol. The average molecular weight is 905 g/mol. The maximum atomic E-state index is 14.1. The number of benzene rings is 3. The summed E-state index contributed by atoms with van der Waals surface area (Å²) in [6.45, 7) is 3.92. The number of H-pyrrole nitrogens is 2. The number of aromatic nitrogens is 4. The van der Waals surface area contributed by atoms with Crippen LogP contribution < -0.4 is 10.6 Å². The van der Waals surface area contributed by atoms with Crippen LogP contribution in [-0.4, -0.2) is 92.6 Å². The van der Waals surface area contributed by atoms with Crippen molar-refractivity contribution in [3.05, 3.63) is 95.8 Å². The van der Waals surface area contributed by atoms with E-state index in [9.17, 15) is 19.2 Å². The Balaban J connectivity index is 0.821. The highest BCUT2D eigenvalue weighted by atomic mass is 16.5. The molecule has 348 valence electrons. The number of imidazole rings is 2. The molecule has 0 bridgehead atoms. The topological polar surface area (TPSA) is 175 Å². The van der Waals surface area contributed by atoms with Crippen molar-refractivity contribution < 1.29 is 28.7 Å². The maximum absolute atomic E-state index is 14.1. The van der Waals surface area contributed by atoms with Crippen LogP contribution in [0.2, 0.25) is 0 Å². The number of carbonyl (C=O) groups excluding carboxylic acids is 4. The van der Waals surface area contributed by atoms with E-state index in [0.717, 1.165) is 72.7 Å². The molecule has 14 heteroatoms. The van der Waals surface area contributed by atoms with Crippen LogP contribution in [0.1, 0.15) is 113 Å². The summed E-state index contributed by atoms with van der Waals surface area (Å²) in [6, 6.07) is 21.7. The number of hydrogen-bond donors (Lipinski definition) is 4. The fourth-order valence-electron chi connectivity index (χ4n) is 12.4. The van der Waals surface area contributed by atoms with E-state index in [2.05, 4.69) is 86.0 Å². The van der Waals surface area contributed by atoms with Gasteiger partial charge in [0.2, 0.25) is 11.8 Å². The number of ether oxygens (including phenoxy) is 2. The van der Waals surface area contributed by atoms with Crippen molar-refractivity contribution in [2.75, 3.05) is 20.8 Å². The minimum absolute atomic E-state index is 0.0425. The zero-order valence-electron chi connectivity index (χ0n) is 38.8. The molecule has 3 saturated carbocycles. The molecular formula is C53H60N8O6. The normalized spacial score (nSPS) is 24.7. The van der Waals surface area contributed by atoms with Crippen LogP contribution in [0.15, 0.2) is 73.1 Å². The zero-order chi connectivity index (χ0) is 46.1. The smallest absolute Gasteiger partial charge is 0.407 e. The maximum Gasteiger partial charge on any atom is 0.407 e. The molecule has 4 N–H and O–H groups in total. The summed E-state index contributed by atoms with van der Waals surface area (Å²) < 4.78 is 9.55. The van der Waals surface area contributed by atoms with Gasteiger partial charge in [0.1, 0.15) is 24.2 Å². The first-order chi connectivity index (χ1) is 32.6. The number of piperidine rings is 2. The van der Waals surface area contributed by atoms with Crippen molar-refractivity contribution in [3.8, 4) is 44.8 Å². The predicted octanol–water partition coefficient (Wildman–Crippen LogP) is 9.01. The highest BCUT2D eigenvalue weighted by Crippen LogP contribution is 2.57. The number of aromatic amines is 2. The van der Waals surface area contributed by atoms with E-state index in [0.29, 0.717) is 11.8 Å². The number of likely N-dealkylation sites (tertiary alicyclic amines) is 2. The van der Waals surface area contributed by atoms with Crippen LogP contribution in [0.3, 0.4) is 0 Å². The van der Waals surface area contributed by atoms with Crippen LogP contribution in [0.4, 0.5) is 9.59 Å². The molecule has 3 aromatic carbocycles. The zero-order valence-corrected chi connectivity index (χ0v) is 38.8. The van der Waals surface area contributed by atoms with Crippen LogP contribution in [-0.2, 0) is 30.9 Å². The number of rotatable bonds is 12.